The van der Waals surface area contributed by atoms with Crippen LogP contribution in [0.5, 0.6) is 0 Å². The molecule has 4 nitrogen and oxygen atoms in total. The van der Waals surface area contributed by atoms with Gasteiger partial charge in [-0.2, -0.15) is 0 Å². The van der Waals surface area contributed by atoms with Crippen LogP contribution in [0.25, 0.3) is 0 Å². The Morgan fingerprint density at radius 1 is 1.41 bits per heavy atom. The van der Waals surface area contributed by atoms with E-state index in [0.717, 1.165) is 0 Å². The lowest BCUT2D eigenvalue weighted by Crippen LogP contribution is -2.51. The lowest BCUT2D eigenvalue weighted by Gasteiger charge is -2.35. The summed E-state index contributed by atoms with van der Waals surface area (Å²) in [7, 11) is 0. The van der Waals surface area contributed by atoms with Crippen LogP contribution in [-0.4, -0.2) is 31.7 Å². The molecule has 0 aromatic heterocycles. The lowest BCUT2D eigenvalue weighted by molar-refractivity contribution is -0.136. The third kappa shape index (κ3) is 4.41. The molecule has 1 unspecified atom stereocenters. The average Bonchev–Trinajstić information content (AvgIpc) is 2.50. The minimum absolute atomic E-state index is 0. The first-order valence-electron chi connectivity index (χ1n) is 7.39. The molecule has 2 rings (SSSR count). The normalized spacial score (nSPS) is 18.1. The number of hydrogen-bond donors (Lipinski definition) is 2. The topological polar surface area (TPSA) is 64.4 Å². The van der Waals surface area contributed by atoms with Crippen LogP contribution in [0.15, 0.2) is 24.3 Å². The molecule has 6 heteroatoms. The number of nitrogens with two attached hydrogens (primary N) is 1. The summed E-state index contributed by atoms with van der Waals surface area (Å²) in [5, 5.41) is 2.98. The van der Waals surface area contributed by atoms with Gasteiger partial charge in [-0.15, -0.1) is 12.4 Å². The number of benzene rings is 1. The first-order valence-corrected chi connectivity index (χ1v) is 7.39. The van der Waals surface area contributed by atoms with E-state index in [1.54, 1.807) is 18.2 Å². The number of rotatable bonds is 5. The Hall–Kier alpha value is -1.17. The minimum atomic E-state index is -0.540. The van der Waals surface area contributed by atoms with E-state index in [-0.39, 0.29) is 30.2 Å². The van der Waals surface area contributed by atoms with E-state index >= 15 is 0 Å². The summed E-state index contributed by atoms with van der Waals surface area (Å²) in [6, 6.07) is 6.50. The maximum atomic E-state index is 13.6. The molecule has 0 saturated carbocycles. The van der Waals surface area contributed by atoms with E-state index in [1.165, 1.54) is 6.07 Å². The molecule has 3 N–H and O–H groups in total. The van der Waals surface area contributed by atoms with Gasteiger partial charge in [0, 0.05) is 25.8 Å². The number of carbonyl (C=O) groups excluding carboxylic acids is 1. The molecule has 1 atom stereocenters. The molecule has 1 heterocycles. The zero-order valence-electron chi connectivity index (χ0n) is 12.8. The number of amides is 1. The van der Waals surface area contributed by atoms with Gasteiger partial charge < -0.3 is 15.8 Å². The minimum Gasteiger partial charge on any atom is -0.381 e. The Morgan fingerprint density at radius 3 is 2.64 bits per heavy atom. The molecule has 22 heavy (non-hydrogen) atoms. The molecule has 1 fully saturated rings. The molecule has 1 aliphatic heterocycles. The molecule has 0 aliphatic carbocycles. The largest absolute Gasteiger partial charge is 0.381 e. The summed E-state index contributed by atoms with van der Waals surface area (Å²) >= 11 is 0. The summed E-state index contributed by atoms with van der Waals surface area (Å²) in [4.78, 5) is 12.5. The third-order valence-corrected chi connectivity index (χ3v) is 4.18. The van der Waals surface area contributed by atoms with Gasteiger partial charge in [0.25, 0.3) is 0 Å². The molecule has 1 aliphatic rings. The molecule has 1 saturated heterocycles. The van der Waals surface area contributed by atoms with Gasteiger partial charge in [0.15, 0.2) is 0 Å². The molecular weight excluding hydrogens is 307 g/mol. The number of nitrogens with one attached hydrogen (secondary N) is 1. The van der Waals surface area contributed by atoms with Crippen molar-refractivity contribution in [2.75, 3.05) is 19.8 Å². The van der Waals surface area contributed by atoms with Crippen LogP contribution in [0.2, 0.25) is 0 Å². The van der Waals surface area contributed by atoms with E-state index in [0.29, 0.717) is 44.6 Å². The summed E-state index contributed by atoms with van der Waals surface area (Å²) < 4.78 is 18.9. The lowest BCUT2D eigenvalue weighted by atomic mass is 9.79. The van der Waals surface area contributed by atoms with Crippen molar-refractivity contribution in [3.63, 3.8) is 0 Å². The SMILES string of the molecule is CC(Cc1ccccc1F)NC(=O)C1(CN)CCOCC1.Cl. The second-order valence-electron chi connectivity index (χ2n) is 5.77. The predicted molar refractivity (Wildman–Crippen MR) is 86.5 cm³/mol. The summed E-state index contributed by atoms with van der Waals surface area (Å²) in [5.74, 6) is -0.282. The molecule has 0 bridgehead atoms. The fourth-order valence-electron chi connectivity index (χ4n) is 2.71. The fraction of sp³-hybridized carbons (Fsp3) is 0.562. The molecule has 1 aromatic carbocycles. The van der Waals surface area contributed by atoms with Gasteiger partial charge in [0.05, 0.1) is 5.41 Å². The molecule has 0 spiro atoms. The van der Waals surface area contributed by atoms with Crippen LogP contribution in [-0.2, 0) is 16.0 Å². The van der Waals surface area contributed by atoms with Gasteiger partial charge in [-0.3, -0.25) is 4.79 Å². The van der Waals surface area contributed by atoms with Crippen molar-refractivity contribution < 1.29 is 13.9 Å². The highest BCUT2D eigenvalue weighted by atomic mass is 35.5. The van der Waals surface area contributed by atoms with E-state index in [4.69, 9.17) is 10.5 Å². The van der Waals surface area contributed by atoms with Crippen molar-refractivity contribution >= 4 is 18.3 Å². The number of carbonyl (C=O) groups is 1. The standard InChI is InChI=1S/C16H23FN2O2.ClH/c1-12(10-13-4-2-3-5-14(13)17)19-15(20)16(11-18)6-8-21-9-7-16;/h2-5,12H,6-11,18H2,1H3,(H,19,20);1H. The quantitative estimate of drug-likeness (QED) is 0.868. The predicted octanol–water partition coefficient (Wildman–Crippen LogP) is 2.05. The van der Waals surface area contributed by atoms with Crippen molar-refractivity contribution in [1.29, 1.82) is 0 Å². The molecule has 124 valence electrons. The summed E-state index contributed by atoms with van der Waals surface area (Å²) in [5.41, 5.74) is 5.89. The van der Waals surface area contributed by atoms with Crippen LogP contribution in [0.3, 0.4) is 0 Å². The zero-order valence-corrected chi connectivity index (χ0v) is 13.6. The second kappa shape index (κ2) is 8.46. The Balaban J connectivity index is 0.00000242. The first-order chi connectivity index (χ1) is 10.1. The van der Waals surface area contributed by atoms with Crippen molar-refractivity contribution in [2.45, 2.75) is 32.2 Å². The number of halogens is 2. The van der Waals surface area contributed by atoms with Gasteiger partial charge >= 0.3 is 0 Å². The van der Waals surface area contributed by atoms with Gasteiger partial charge in [-0.25, -0.2) is 4.39 Å². The van der Waals surface area contributed by atoms with Crippen LogP contribution in [0.1, 0.15) is 25.3 Å². The van der Waals surface area contributed by atoms with E-state index in [9.17, 15) is 9.18 Å². The van der Waals surface area contributed by atoms with Gasteiger partial charge in [0.1, 0.15) is 5.82 Å². The average molecular weight is 331 g/mol. The van der Waals surface area contributed by atoms with Crippen LogP contribution in [0.4, 0.5) is 4.39 Å². The van der Waals surface area contributed by atoms with E-state index in [2.05, 4.69) is 5.32 Å². The number of hydrogen-bond acceptors (Lipinski definition) is 3. The first kappa shape index (κ1) is 18.9. The Morgan fingerprint density at radius 2 is 2.05 bits per heavy atom. The van der Waals surface area contributed by atoms with Crippen LogP contribution in [0, 0.1) is 11.2 Å². The Labute approximate surface area is 137 Å². The van der Waals surface area contributed by atoms with Crippen molar-refractivity contribution in [3.8, 4) is 0 Å². The summed E-state index contributed by atoms with van der Waals surface area (Å²) in [6.07, 6.45) is 1.75. The van der Waals surface area contributed by atoms with Crippen molar-refractivity contribution in [2.24, 2.45) is 11.1 Å². The Bertz CT molecular complexity index is 493. The van der Waals surface area contributed by atoms with Gasteiger partial charge in [0.2, 0.25) is 5.91 Å². The summed E-state index contributed by atoms with van der Waals surface area (Å²) in [6.45, 7) is 3.32. The van der Waals surface area contributed by atoms with Gasteiger partial charge in [-0.05, 0) is 37.8 Å². The van der Waals surface area contributed by atoms with Gasteiger partial charge in [-0.1, -0.05) is 18.2 Å². The van der Waals surface area contributed by atoms with Crippen molar-refractivity contribution in [3.05, 3.63) is 35.6 Å². The maximum absolute atomic E-state index is 13.6. The third-order valence-electron chi connectivity index (χ3n) is 4.18. The van der Waals surface area contributed by atoms with Crippen LogP contribution < -0.4 is 11.1 Å². The highest BCUT2D eigenvalue weighted by Crippen LogP contribution is 2.29. The zero-order chi connectivity index (χ0) is 15.3. The molecule has 1 amide bonds. The fourth-order valence-corrected chi connectivity index (χ4v) is 2.71. The molecule has 1 aromatic rings. The highest BCUT2D eigenvalue weighted by molar-refractivity contribution is 5.85. The smallest absolute Gasteiger partial charge is 0.227 e. The van der Waals surface area contributed by atoms with E-state index < -0.39 is 5.41 Å². The second-order valence-corrected chi connectivity index (χ2v) is 5.77. The maximum Gasteiger partial charge on any atom is 0.227 e. The highest BCUT2D eigenvalue weighted by Gasteiger charge is 2.39. The molecule has 0 radical (unpaired) electrons. The Kier molecular flexibility index (Phi) is 7.26. The van der Waals surface area contributed by atoms with Crippen LogP contribution >= 0.6 is 12.4 Å². The molecular formula is C16H24ClFN2O2. The van der Waals surface area contributed by atoms with E-state index in [1.807, 2.05) is 6.92 Å². The van der Waals surface area contributed by atoms with Crippen molar-refractivity contribution in [1.82, 2.24) is 5.32 Å². The monoisotopic (exact) mass is 330 g/mol. The number of ether oxygens (including phenoxy) is 1.